The molecule has 0 saturated carbocycles. The van der Waals surface area contributed by atoms with Crippen molar-refractivity contribution in [2.75, 3.05) is 17.7 Å². The highest BCUT2D eigenvalue weighted by atomic mass is 35.5. The summed E-state index contributed by atoms with van der Waals surface area (Å²) in [5, 5.41) is 16.9. The summed E-state index contributed by atoms with van der Waals surface area (Å²) < 4.78 is 5.06. The minimum absolute atomic E-state index is 0.147. The van der Waals surface area contributed by atoms with Crippen LogP contribution in [0.5, 0.6) is 5.75 Å². The molecule has 2 rings (SSSR count). The lowest BCUT2D eigenvalue weighted by molar-refractivity contribution is -0.383. The first kappa shape index (κ1) is 17.6. The lowest BCUT2D eigenvalue weighted by Gasteiger charge is -2.16. The number of nitrogens with zero attached hydrogens (tertiary/aromatic N) is 1. The third-order valence-corrected chi connectivity index (χ3v) is 3.58. The molecule has 0 aliphatic heterocycles. The summed E-state index contributed by atoms with van der Waals surface area (Å²) in [7, 11) is 1.51. The standard InChI is InChI=1S/C16H16ClN3O4/c1-10(18-11-7-8-15(24-2)12(17)9-11)16(21)19-13-5-3-4-6-14(13)20(22)23/h3-10,18H,1-2H3,(H,19,21)/t10-/m1/s1. The van der Waals surface area contributed by atoms with Crippen LogP contribution in [-0.2, 0) is 4.79 Å². The third-order valence-electron chi connectivity index (χ3n) is 3.29. The second-order valence-corrected chi connectivity index (χ2v) is 5.39. The zero-order valence-electron chi connectivity index (χ0n) is 13.1. The van der Waals surface area contributed by atoms with Crippen molar-refractivity contribution in [1.82, 2.24) is 0 Å². The van der Waals surface area contributed by atoms with Crippen LogP contribution in [-0.4, -0.2) is 24.0 Å². The molecule has 126 valence electrons. The van der Waals surface area contributed by atoms with E-state index in [0.717, 1.165) is 0 Å². The number of nitro benzene ring substituents is 1. The van der Waals surface area contributed by atoms with Crippen molar-refractivity contribution in [3.05, 3.63) is 57.6 Å². The van der Waals surface area contributed by atoms with Gasteiger partial charge in [-0.15, -0.1) is 0 Å². The first-order valence-corrected chi connectivity index (χ1v) is 7.44. The molecule has 0 heterocycles. The fourth-order valence-corrected chi connectivity index (χ4v) is 2.31. The first-order chi connectivity index (χ1) is 11.4. The molecule has 0 unspecified atom stereocenters. The highest BCUT2D eigenvalue weighted by Crippen LogP contribution is 2.28. The van der Waals surface area contributed by atoms with Gasteiger partial charge in [0.1, 0.15) is 17.5 Å². The lowest BCUT2D eigenvalue weighted by Crippen LogP contribution is -2.32. The fourth-order valence-electron chi connectivity index (χ4n) is 2.05. The largest absolute Gasteiger partial charge is 0.495 e. The monoisotopic (exact) mass is 349 g/mol. The quantitative estimate of drug-likeness (QED) is 0.612. The first-order valence-electron chi connectivity index (χ1n) is 7.06. The number of rotatable bonds is 6. The minimum atomic E-state index is -0.630. The number of anilines is 2. The molecule has 0 bridgehead atoms. The maximum atomic E-state index is 12.2. The minimum Gasteiger partial charge on any atom is -0.495 e. The van der Waals surface area contributed by atoms with Crippen molar-refractivity contribution in [2.45, 2.75) is 13.0 Å². The second-order valence-electron chi connectivity index (χ2n) is 4.98. The topological polar surface area (TPSA) is 93.5 Å². The normalized spacial score (nSPS) is 11.5. The average Bonchev–Trinajstić information content (AvgIpc) is 2.55. The maximum absolute atomic E-state index is 12.2. The molecule has 1 atom stereocenters. The van der Waals surface area contributed by atoms with E-state index in [0.29, 0.717) is 16.5 Å². The second kappa shape index (κ2) is 7.65. The molecular formula is C16H16ClN3O4. The van der Waals surface area contributed by atoms with Crippen molar-refractivity contribution in [3.8, 4) is 5.75 Å². The third kappa shape index (κ3) is 4.14. The van der Waals surface area contributed by atoms with Crippen LogP contribution in [0.3, 0.4) is 0 Å². The van der Waals surface area contributed by atoms with Crippen LogP contribution in [0.2, 0.25) is 5.02 Å². The number of methoxy groups -OCH3 is 1. The SMILES string of the molecule is COc1ccc(N[C@H](C)C(=O)Nc2ccccc2[N+](=O)[O-])cc1Cl. The van der Waals surface area contributed by atoms with Crippen molar-refractivity contribution in [2.24, 2.45) is 0 Å². The molecule has 0 aliphatic carbocycles. The van der Waals surface area contributed by atoms with Crippen LogP contribution in [0.25, 0.3) is 0 Å². The fraction of sp³-hybridized carbons (Fsp3) is 0.188. The van der Waals surface area contributed by atoms with Gasteiger partial charge < -0.3 is 15.4 Å². The van der Waals surface area contributed by atoms with Gasteiger partial charge >= 0.3 is 0 Å². The summed E-state index contributed by atoms with van der Waals surface area (Å²) in [6, 6.07) is 10.4. The van der Waals surface area contributed by atoms with Crippen molar-refractivity contribution in [1.29, 1.82) is 0 Å². The van der Waals surface area contributed by atoms with Gasteiger partial charge in [0, 0.05) is 11.8 Å². The molecule has 0 aromatic heterocycles. The Morgan fingerprint density at radius 1 is 1.29 bits per heavy atom. The van der Waals surface area contributed by atoms with Gasteiger partial charge in [-0.2, -0.15) is 0 Å². The number of nitro groups is 1. The molecule has 2 N–H and O–H groups in total. The number of halogens is 1. The molecule has 8 heteroatoms. The van der Waals surface area contributed by atoms with Crippen molar-refractivity contribution < 1.29 is 14.5 Å². The van der Waals surface area contributed by atoms with E-state index < -0.39 is 16.9 Å². The number of hydrogen-bond acceptors (Lipinski definition) is 5. The number of hydrogen-bond donors (Lipinski definition) is 2. The molecule has 0 radical (unpaired) electrons. The Hall–Kier alpha value is -2.80. The van der Waals surface area contributed by atoms with Gasteiger partial charge in [0.05, 0.1) is 17.1 Å². The number of carbonyl (C=O) groups excluding carboxylic acids is 1. The van der Waals surface area contributed by atoms with E-state index in [-0.39, 0.29) is 11.4 Å². The van der Waals surface area contributed by atoms with E-state index in [4.69, 9.17) is 16.3 Å². The highest BCUT2D eigenvalue weighted by Gasteiger charge is 2.18. The summed E-state index contributed by atoms with van der Waals surface area (Å²) in [5.74, 6) is 0.121. The molecule has 0 saturated heterocycles. The Bertz CT molecular complexity index is 767. The van der Waals surface area contributed by atoms with Crippen LogP contribution in [0.1, 0.15) is 6.92 Å². The molecule has 7 nitrogen and oxygen atoms in total. The molecule has 0 spiro atoms. The number of benzene rings is 2. The molecule has 2 aromatic rings. The Balaban J connectivity index is 2.08. The smallest absolute Gasteiger partial charge is 0.292 e. The van der Waals surface area contributed by atoms with Crippen molar-refractivity contribution >= 4 is 34.6 Å². The molecule has 24 heavy (non-hydrogen) atoms. The van der Waals surface area contributed by atoms with E-state index in [2.05, 4.69) is 10.6 Å². The van der Waals surface area contributed by atoms with Gasteiger partial charge in [-0.25, -0.2) is 0 Å². The maximum Gasteiger partial charge on any atom is 0.292 e. The number of amides is 1. The van der Waals surface area contributed by atoms with Crippen LogP contribution in [0.4, 0.5) is 17.1 Å². The van der Waals surface area contributed by atoms with E-state index in [1.54, 1.807) is 31.2 Å². The van der Waals surface area contributed by atoms with Crippen LogP contribution in [0.15, 0.2) is 42.5 Å². The van der Waals surface area contributed by atoms with E-state index in [1.165, 1.54) is 25.3 Å². The molecule has 2 aromatic carbocycles. The van der Waals surface area contributed by atoms with Crippen molar-refractivity contribution in [3.63, 3.8) is 0 Å². The predicted octanol–water partition coefficient (Wildman–Crippen LogP) is 3.70. The highest BCUT2D eigenvalue weighted by molar-refractivity contribution is 6.32. The summed E-state index contributed by atoms with van der Waals surface area (Å²) in [5.41, 5.74) is 0.616. The summed E-state index contributed by atoms with van der Waals surface area (Å²) in [6.07, 6.45) is 0. The zero-order valence-corrected chi connectivity index (χ0v) is 13.8. The number of para-hydroxylation sites is 2. The Kier molecular flexibility index (Phi) is 5.59. The average molecular weight is 350 g/mol. The van der Waals surface area contributed by atoms with Gasteiger partial charge in [-0.05, 0) is 31.2 Å². The molecule has 0 fully saturated rings. The van der Waals surface area contributed by atoms with E-state index in [9.17, 15) is 14.9 Å². The number of nitrogens with one attached hydrogen (secondary N) is 2. The van der Waals surface area contributed by atoms with Crippen LogP contribution < -0.4 is 15.4 Å². The Morgan fingerprint density at radius 2 is 2.00 bits per heavy atom. The summed E-state index contributed by atoms with van der Waals surface area (Å²) in [4.78, 5) is 22.7. The summed E-state index contributed by atoms with van der Waals surface area (Å²) >= 11 is 6.04. The van der Waals surface area contributed by atoms with Gasteiger partial charge in [0.15, 0.2) is 0 Å². The van der Waals surface area contributed by atoms with Crippen LogP contribution in [0, 0.1) is 10.1 Å². The Morgan fingerprint density at radius 3 is 2.62 bits per heavy atom. The zero-order chi connectivity index (χ0) is 17.7. The summed E-state index contributed by atoms with van der Waals surface area (Å²) in [6.45, 7) is 1.64. The number of ether oxygens (including phenoxy) is 1. The van der Waals surface area contributed by atoms with Gasteiger partial charge in [-0.3, -0.25) is 14.9 Å². The van der Waals surface area contributed by atoms with Gasteiger partial charge in [-0.1, -0.05) is 23.7 Å². The molecule has 1 amide bonds. The van der Waals surface area contributed by atoms with Gasteiger partial charge in [0.25, 0.3) is 5.69 Å². The van der Waals surface area contributed by atoms with Crippen LogP contribution >= 0.6 is 11.6 Å². The molecule has 0 aliphatic rings. The Labute approximate surface area is 143 Å². The number of carbonyl (C=O) groups is 1. The van der Waals surface area contributed by atoms with Gasteiger partial charge in [0.2, 0.25) is 5.91 Å². The molecular weight excluding hydrogens is 334 g/mol. The van der Waals surface area contributed by atoms with E-state index >= 15 is 0 Å². The predicted molar refractivity (Wildman–Crippen MR) is 92.8 cm³/mol. The lowest BCUT2D eigenvalue weighted by atomic mass is 10.2. The van der Waals surface area contributed by atoms with E-state index in [1.807, 2.05) is 0 Å².